The molecule has 0 saturated carbocycles. The minimum Gasteiger partial charge on any atom is -0.255 e. The van der Waals surface area contributed by atoms with Gasteiger partial charge in [-0.15, -0.1) is 11.3 Å². The normalized spacial score (nSPS) is 12.2. The van der Waals surface area contributed by atoms with Crippen LogP contribution < -0.4 is 4.72 Å². The van der Waals surface area contributed by atoms with Crippen molar-refractivity contribution in [2.45, 2.75) is 11.1 Å². The van der Waals surface area contributed by atoms with Crippen molar-refractivity contribution in [3.8, 4) is 11.3 Å². The van der Waals surface area contributed by atoms with E-state index in [1.165, 1.54) is 17.5 Å². The standard InChI is InChI=1S/C16H10F4N2O2S2/c17-13-7-6-10(16(18,19)20)8-12(13)14-9-25-15(21-14)22-26(23,24)11-4-2-1-3-5-11/h1-9H,(H,21,22). The minimum absolute atomic E-state index is 0.00185. The molecule has 1 aromatic heterocycles. The van der Waals surface area contributed by atoms with Crippen molar-refractivity contribution in [2.24, 2.45) is 0 Å². The Labute approximate surface area is 150 Å². The fourth-order valence-corrected chi connectivity index (χ4v) is 4.10. The van der Waals surface area contributed by atoms with Crippen molar-refractivity contribution < 1.29 is 26.0 Å². The van der Waals surface area contributed by atoms with Gasteiger partial charge in [0.25, 0.3) is 10.0 Å². The van der Waals surface area contributed by atoms with Gasteiger partial charge in [-0.05, 0) is 30.3 Å². The minimum atomic E-state index is -4.63. The summed E-state index contributed by atoms with van der Waals surface area (Å²) >= 11 is 0.839. The molecule has 0 saturated heterocycles. The molecule has 0 bridgehead atoms. The molecule has 3 rings (SSSR count). The average molecular weight is 402 g/mol. The third kappa shape index (κ3) is 3.86. The number of nitrogens with one attached hydrogen (secondary N) is 1. The van der Waals surface area contributed by atoms with E-state index in [-0.39, 0.29) is 21.3 Å². The van der Waals surface area contributed by atoms with Gasteiger partial charge >= 0.3 is 6.18 Å². The smallest absolute Gasteiger partial charge is 0.255 e. The van der Waals surface area contributed by atoms with Crippen molar-refractivity contribution in [1.29, 1.82) is 0 Å². The van der Waals surface area contributed by atoms with Crippen LogP contribution in [0.25, 0.3) is 11.3 Å². The first kappa shape index (κ1) is 18.3. The zero-order valence-electron chi connectivity index (χ0n) is 12.8. The van der Waals surface area contributed by atoms with Gasteiger partial charge in [0.2, 0.25) is 0 Å². The third-order valence-corrected chi connectivity index (χ3v) is 5.59. The van der Waals surface area contributed by atoms with Crippen LogP contribution in [0.15, 0.2) is 58.8 Å². The molecule has 1 N–H and O–H groups in total. The van der Waals surface area contributed by atoms with Crippen LogP contribution in [0, 0.1) is 5.82 Å². The Hall–Kier alpha value is -2.46. The van der Waals surface area contributed by atoms with Crippen molar-refractivity contribution in [3.05, 3.63) is 65.3 Å². The molecule has 2 aromatic carbocycles. The van der Waals surface area contributed by atoms with Crippen LogP contribution in [-0.4, -0.2) is 13.4 Å². The van der Waals surface area contributed by atoms with Crippen molar-refractivity contribution in [1.82, 2.24) is 4.98 Å². The van der Waals surface area contributed by atoms with E-state index in [1.807, 2.05) is 0 Å². The van der Waals surface area contributed by atoms with E-state index in [9.17, 15) is 26.0 Å². The highest BCUT2D eigenvalue weighted by molar-refractivity contribution is 7.93. The maximum atomic E-state index is 13.9. The van der Waals surface area contributed by atoms with Crippen LogP contribution >= 0.6 is 11.3 Å². The van der Waals surface area contributed by atoms with Gasteiger partial charge in [0, 0.05) is 10.9 Å². The van der Waals surface area contributed by atoms with E-state index in [1.54, 1.807) is 18.2 Å². The van der Waals surface area contributed by atoms with E-state index in [4.69, 9.17) is 0 Å². The van der Waals surface area contributed by atoms with Gasteiger partial charge in [-0.2, -0.15) is 13.2 Å². The van der Waals surface area contributed by atoms with Crippen LogP contribution in [0.2, 0.25) is 0 Å². The lowest BCUT2D eigenvalue weighted by Gasteiger charge is -2.08. The molecule has 0 spiro atoms. The van der Waals surface area contributed by atoms with Crippen molar-refractivity contribution in [2.75, 3.05) is 4.72 Å². The fraction of sp³-hybridized carbons (Fsp3) is 0.0625. The Kier molecular flexibility index (Phi) is 4.72. The Bertz CT molecular complexity index is 1030. The second kappa shape index (κ2) is 6.69. The number of hydrogen-bond donors (Lipinski definition) is 1. The van der Waals surface area contributed by atoms with Gasteiger partial charge in [0.1, 0.15) is 5.82 Å². The van der Waals surface area contributed by atoms with Crippen molar-refractivity contribution >= 4 is 26.5 Å². The van der Waals surface area contributed by atoms with Gasteiger partial charge < -0.3 is 0 Å². The molecule has 4 nitrogen and oxygen atoms in total. The van der Waals surface area contributed by atoms with Crippen LogP contribution in [-0.2, 0) is 16.2 Å². The van der Waals surface area contributed by atoms with Crippen LogP contribution in [0.3, 0.4) is 0 Å². The van der Waals surface area contributed by atoms with Crippen LogP contribution in [0.5, 0.6) is 0 Å². The molecule has 10 heteroatoms. The van der Waals surface area contributed by atoms with Crippen molar-refractivity contribution in [3.63, 3.8) is 0 Å². The molecule has 0 radical (unpaired) electrons. The first-order valence-electron chi connectivity index (χ1n) is 7.07. The predicted octanol–water partition coefficient (Wildman–Crippen LogP) is 4.77. The zero-order valence-corrected chi connectivity index (χ0v) is 14.4. The summed E-state index contributed by atoms with van der Waals surface area (Å²) < 4.78 is 79.0. The molecular formula is C16H10F4N2O2S2. The molecule has 0 amide bonds. The topological polar surface area (TPSA) is 59.1 Å². The number of rotatable bonds is 4. The number of halogens is 4. The quantitative estimate of drug-likeness (QED) is 0.640. The maximum absolute atomic E-state index is 13.9. The van der Waals surface area contributed by atoms with Gasteiger partial charge in [0.15, 0.2) is 5.13 Å². The molecule has 1 heterocycles. The molecule has 136 valence electrons. The summed E-state index contributed by atoms with van der Waals surface area (Å²) in [5.74, 6) is -0.888. The molecule has 26 heavy (non-hydrogen) atoms. The zero-order chi connectivity index (χ0) is 18.9. The lowest BCUT2D eigenvalue weighted by molar-refractivity contribution is -0.137. The number of hydrogen-bond acceptors (Lipinski definition) is 4. The Morgan fingerprint density at radius 1 is 1.04 bits per heavy atom. The fourth-order valence-electron chi connectivity index (χ4n) is 2.12. The number of anilines is 1. The molecule has 0 aliphatic carbocycles. The summed E-state index contributed by atoms with van der Waals surface area (Å²) in [6.07, 6.45) is -4.63. The Morgan fingerprint density at radius 3 is 2.38 bits per heavy atom. The van der Waals surface area contributed by atoms with E-state index >= 15 is 0 Å². The molecule has 0 fully saturated rings. The summed E-state index contributed by atoms with van der Waals surface area (Å²) in [4.78, 5) is 3.90. The molecule has 0 aliphatic rings. The van der Waals surface area contributed by atoms with E-state index < -0.39 is 27.6 Å². The molecule has 0 aliphatic heterocycles. The highest BCUT2D eigenvalue weighted by Crippen LogP contribution is 2.34. The number of alkyl halides is 3. The summed E-state index contributed by atoms with van der Waals surface area (Å²) in [5.41, 5.74) is -1.47. The van der Waals surface area contributed by atoms with E-state index in [0.717, 1.165) is 11.3 Å². The number of thiazole rings is 1. The Morgan fingerprint density at radius 2 is 1.73 bits per heavy atom. The first-order valence-corrected chi connectivity index (χ1v) is 9.43. The summed E-state index contributed by atoms with van der Waals surface area (Å²) in [6, 6.07) is 9.46. The molecule has 0 atom stereocenters. The van der Waals surface area contributed by atoms with Gasteiger partial charge in [-0.1, -0.05) is 18.2 Å². The predicted molar refractivity (Wildman–Crippen MR) is 89.8 cm³/mol. The lowest BCUT2D eigenvalue weighted by Crippen LogP contribution is -2.12. The van der Waals surface area contributed by atoms with Crippen LogP contribution in [0.1, 0.15) is 5.56 Å². The first-order chi connectivity index (χ1) is 12.2. The summed E-state index contributed by atoms with van der Waals surface area (Å²) in [6.45, 7) is 0. The summed E-state index contributed by atoms with van der Waals surface area (Å²) in [7, 11) is -3.90. The summed E-state index contributed by atoms with van der Waals surface area (Å²) in [5, 5.41) is 1.20. The van der Waals surface area contributed by atoms with Crippen LogP contribution in [0.4, 0.5) is 22.7 Å². The van der Waals surface area contributed by atoms with E-state index in [0.29, 0.717) is 18.2 Å². The van der Waals surface area contributed by atoms with E-state index in [2.05, 4.69) is 9.71 Å². The molecular weight excluding hydrogens is 392 g/mol. The average Bonchev–Trinajstić information content (AvgIpc) is 3.02. The van der Waals surface area contributed by atoms with Gasteiger partial charge in [-0.3, -0.25) is 4.72 Å². The highest BCUT2D eigenvalue weighted by atomic mass is 32.2. The van der Waals surface area contributed by atoms with Gasteiger partial charge in [-0.25, -0.2) is 17.8 Å². The lowest BCUT2D eigenvalue weighted by atomic mass is 10.1. The SMILES string of the molecule is O=S(=O)(Nc1nc(-c2cc(C(F)(F)F)ccc2F)cs1)c1ccccc1. The second-order valence-electron chi connectivity index (χ2n) is 5.15. The third-order valence-electron chi connectivity index (χ3n) is 3.35. The highest BCUT2D eigenvalue weighted by Gasteiger charge is 2.31. The molecule has 3 aromatic rings. The number of sulfonamides is 1. The second-order valence-corrected chi connectivity index (χ2v) is 7.69. The number of nitrogens with zero attached hydrogens (tertiary/aromatic N) is 1. The number of benzene rings is 2. The van der Waals surface area contributed by atoms with Gasteiger partial charge in [0.05, 0.1) is 16.2 Å². The number of aromatic nitrogens is 1. The largest absolute Gasteiger partial charge is 0.416 e. The Balaban J connectivity index is 1.92. The monoisotopic (exact) mass is 402 g/mol. The molecule has 0 unspecified atom stereocenters. The maximum Gasteiger partial charge on any atom is 0.416 e.